The fraction of sp³-hybridized carbons (Fsp3) is 0. The van der Waals surface area contributed by atoms with Gasteiger partial charge >= 0.3 is 54.7 Å². The first-order valence-electron chi connectivity index (χ1n) is 1.43. The molecule has 0 aliphatic carbocycles. The Kier molecular flexibility index (Phi) is 13.9. The van der Waals surface area contributed by atoms with E-state index in [9.17, 15) is 0 Å². The van der Waals surface area contributed by atoms with Gasteiger partial charge in [0.1, 0.15) is 0 Å². The minimum absolute atomic E-state index is 0. The van der Waals surface area contributed by atoms with Gasteiger partial charge in [-0.1, -0.05) is 0 Å². The summed E-state index contributed by atoms with van der Waals surface area (Å²) in [5.41, 5.74) is 0. The van der Waals surface area contributed by atoms with Gasteiger partial charge in [-0.3, -0.25) is 4.46 Å². The SMILES string of the molecule is O=P(O)(O)O.O=[Si](O)O.[Ca+2].[H-].[H-]. The first-order chi connectivity index (χ1) is 3.73. The van der Waals surface area contributed by atoms with Crippen molar-refractivity contribution in [1.29, 1.82) is 0 Å². The van der Waals surface area contributed by atoms with Crippen LogP contribution in [0, 0.1) is 0 Å². The molecule has 0 aliphatic rings. The molecule has 60 valence electrons. The molecule has 0 aromatic rings. The number of hydrogen-bond acceptors (Lipinski definition) is 2. The van der Waals surface area contributed by atoms with Crippen LogP contribution in [0.1, 0.15) is 2.85 Å². The molecule has 0 saturated heterocycles. The van der Waals surface area contributed by atoms with Crippen LogP contribution in [0.2, 0.25) is 0 Å². The average Bonchev–Trinajstić information content (AvgIpc) is 1.19. The molecule has 10 heteroatoms. The summed E-state index contributed by atoms with van der Waals surface area (Å²) in [4.78, 5) is 35.9. The Morgan fingerprint density at radius 3 is 1.20 bits per heavy atom. The summed E-state index contributed by atoms with van der Waals surface area (Å²) in [5.74, 6) is 0. The van der Waals surface area contributed by atoms with Gasteiger partial charge in [-0.2, -0.15) is 0 Å². The molecule has 0 aromatic heterocycles. The third kappa shape index (κ3) is 589. The second-order valence-electron chi connectivity index (χ2n) is 0.796. The largest absolute Gasteiger partial charge is 2.00 e. The Hall–Kier alpha value is 0.987. The molecule has 0 fully saturated rings. The molecule has 0 aliphatic heterocycles. The predicted octanol–water partition coefficient (Wildman–Crippen LogP) is -2.70. The molecular weight excluding hydrogens is 211 g/mol. The van der Waals surface area contributed by atoms with Crippen molar-refractivity contribution in [3.8, 4) is 0 Å². The van der Waals surface area contributed by atoms with E-state index in [1.54, 1.807) is 0 Å². The Labute approximate surface area is 90.4 Å². The first-order valence-corrected chi connectivity index (χ1v) is 4.30. The second kappa shape index (κ2) is 8.09. The van der Waals surface area contributed by atoms with Crippen molar-refractivity contribution in [2.24, 2.45) is 0 Å². The van der Waals surface area contributed by atoms with Crippen LogP contribution in [0.15, 0.2) is 0 Å². The van der Waals surface area contributed by atoms with Crippen LogP contribution >= 0.6 is 7.82 Å². The molecule has 7 nitrogen and oxygen atoms in total. The molecule has 0 unspecified atom stereocenters. The Morgan fingerprint density at radius 1 is 1.20 bits per heavy atom. The van der Waals surface area contributed by atoms with E-state index in [1.807, 2.05) is 0 Å². The summed E-state index contributed by atoms with van der Waals surface area (Å²) in [5, 5.41) is 0. The molecule has 0 atom stereocenters. The number of rotatable bonds is 0. The van der Waals surface area contributed by atoms with E-state index in [4.69, 9.17) is 33.3 Å². The standard InChI is InChI=1S/Ca.H3O4P.H2O3Si.2H/c;1-5(2,3)4;1-4(2)3;;/h;(H3,1,2,3,4);1-2H;;/q+2;;;2*-1. The minimum atomic E-state index is -4.64. The average molecular weight is 218 g/mol. The van der Waals surface area contributed by atoms with Crippen molar-refractivity contribution in [3.63, 3.8) is 0 Å². The molecule has 5 N–H and O–H groups in total. The normalized spacial score (nSPS) is 8.30. The van der Waals surface area contributed by atoms with Gasteiger partial charge in [0.15, 0.2) is 0 Å². The van der Waals surface area contributed by atoms with Gasteiger partial charge in [0.2, 0.25) is 0 Å². The molecule has 0 aromatic carbocycles. The summed E-state index contributed by atoms with van der Waals surface area (Å²) < 4.78 is 17.6. The van der Waals surface area contributed by atoms with E-state index < -0.39 is 17.0 Å². The molecule has 0 rings (SSSR count). The van der Waals surface area contributed by atoms with Gasteiger partial charge in [-0.15, -0.1) is 0 Å². The van der Waals surface area contributed by atoms with E-state index in [0.717, 1.165) is 0 Å². The van der Waals surface area contributed by atoms with Crippen molar-refractivity contribution in [2.45, 2.75) is 0 Å². The number of phosphoric acid groups is 1. The minimum Gasteiger partial charge on any atom is -1.00 e. The fourth-order valence-corrected chi connectivity index (χ4v) is 0. The van der Waals surface area contributed by atoms with Gasteiger partial charge in [0.05, 0.1) is 0 Å². The zero-order valence-electron chi connectivity index (χ0n) is 6.71. The van der Waals surface area contributed by atoms with Crippen LogP contribution < -0.4 is 0 Å². The molecule has 0 spiro atoms. The summed E-state index contributed by atoms with van der Waals surface area (Å²) in [7, 11) is -7.77. The van der Waals surface area contributed by atoms with Crippen LogP contribution in [0.5, 0.6) is 0 Å². The van der Waals surface area contributed by atoms with Crippen LogP contribution in [0.25, 0.3) is 0 Å². The fourth-order valence-electron chi connectivity index (χ4n) is 0. The Bertz CT molecular complexity index is 121. The summed E-state index contributed by atoms with van der Waals surface area (Å²) in [6.45, 7) is 0. The quantitative estimate of drug-likeness (QED) is 0.220. The van der Waals surface area contributed by atoms with Crippen LogP contribution in [0.4, 0.5) is 0 Å². The van der Waals surface area contributed by atoms with Gasteiger partial charge < -0.3 is 27.1 Å². The maximum atomic E-state index is 8.88. The maximum absolute atomic E-state index is 8.88. The smallest absolute Gasteiger partial charge is 1.00 e. The van der Waals surface area contributed by atoms with E-state index in [1.165, 1.54) is 0 Å². The zero-order chi connectivity index (χ0) is 8.08. The summed E-state index contributed by atoms with van der Waals surface area (Å²) in [6.07, 6.45) is 0. The molecular formula is H7CaO7PSi. The molecule has 0 radical (unpaired) electrons. The zero-order valence-corrected chi connectivity index (χ0v) is 8.81. The van der Waals surface area contributed by atoms with Crippen LogP contribution in [-0.4, -0.2) is 71.2 Å². The van der Waals surface area contributed by atoms with Gasteiger partial charge in [0.25, 0.3) is 0 Å². The van der Waals surface area contributed by atoms with E-state index in [2.05, 4.69) is 0 Å². The third-order valence-corrected chi connectivity index (χ3v) is 0. The molecule has 0 amide bonds. The van der Waals surface area contributed by atoms with E-state index in [0.29, 0.717) is 0 Å². The van der Waals surface area contributed by atoms with Gasteiger partial charge in [-0.05, 0) is 0 Å². The molecule has 0 heterocycles. The molecule has 0 bridgehead atoms. The summed E-state index contributed by atoms with van der Waals surface area (Å²) >= 11 is 0. The summed E-state index contributed by atoms with van der Waals surface area (Å²) in [6, 6.07) is 0. The van der Waals surface area contributed by atoms with Crippen LogP contribution in [0.3, 0.4) is 0 Å². The van der Waals surface area contributed by atoms with Crippen LogP contribution in [-0.2, 0) is 9.03 Å². The third-order valence-electron chi connectivity index (χ3n) is 0. The Morgan fingerprint density at radius 2 is 1.20 bits per heavy atom. The monoisotopic (exact) mass is 218 g/mol. The van der Waals surface area contributed by atoms with Crippen molar-refractivity contribution < 1.29 is 36.2 Å². The van der Waals surface area contributed by atoms with Crippen molar-refractivity contribution in [1.82, 2.24) is 0 Å². The second-order valence-corrected chi connectivity index (χ2v) is 2.39. The topological polar surface area (TPSA) is 135 Å². The van der Waals surface area contributed by atoms with E-state index in [-0.39, 0.29) is 40.6 Å². The van der Waals surface area contributed by atoms with E-state index >= 15 is 0 Å². The number of hydrogen-bond donors (Lipinski definition) is 5. The first kappa shape index (κ1) is 17.2. The predicted molar refractivity (Wildman–Crippen MR) is 33.1 cm³/mol. The Balaban J connectivity index is -0.0000000221. The van der Waals surface area contributed by atoms with Crippen molar-refractivity contribution >= 4 is 54.7 Å². The van der Waals surface area contributed by atoms with Gasteiger partial charge in [0, 0.05) is 0 Å². The van der Waals surface area contributed by atoms with Crippen molar-refractivity contribution in [2.75, 3.05) is 0 Å². The molecule has 10 heavy (non-hydrogen) atoms. The van der Waals surface area contributed by atoms with Crippen molar-refractivity contribution in [3.05, 3.63) is 0 Å². The van der Waals surface area contributed by atoms with Gasteiger partial charge in [-0.25, -0.2) is 4.57 Å². The maximum Gasteiger partial charge on any atom is 2.00 e. The molecule has 0 saturated carbocycles.